The minimum absolute atomic E-state index is 0.170. The molecule has 1 aliphatic heterocycles. The molecule has 0 bridgehead atoms. The lowest BCUT2D eigenvalue weighted by Crippen LogP contribution is -2.27. The topological polar surface area (TPSA) is 30.5 Å². The molecular weight excluding hydrogens is 288 g/mol. The zero-order chi connectivity index (χ0) is 14.4. The average molecular weight is 306 g/mol. The molecule has 0 aliphatic carbocycles. The lowest BCUT2D eigenvalue weighted by molar-refractivity contribution is -0.0505. The Hall–Kier alpha value is -0.910. The molecule has 20 heavy (non-hydrogen) atoms. The van der Waals surface area contributed by atoms with E-state index in [-0.39, 0.29) is 5.75 Å². The SMILES string of the molecule is FC(F)Oc1ccc(Cl)cc1CNCC1CCOCC1. The summed E-state index contributed by atoms with van der Waals surface area (Å²) in [5, 5.41) is 3.78. The van der Waals surface area contributed by atoms with Crippen molar-refractivity contribution in [1.29, 1.82) is 0 Å². The number of halogens is 3. The summed E-state index contributed by atoms with van der Waals surface area (Å²) in [4.78, 5) is 0. The van der Waals surface area contributed by atoms with Crippen LogP contribution in [0.1, 0.15) is 18.4 Å². The van der Waals surface area contributed by atoms with Crippen LogP contribution in [0.2, 0.25) is 5.02 Å². The van der Waals surface area contributed by atoms with Crippen molar-refractivity contribution in [2.24, 2.45) is 5.92 Å². The predicted molar refractivity (Wildman–Crippen MR) is 73.3 cm³/mol. The van der Waals surface area contributed by atoms with Gasteiger partial charge in [-0.1, -0.05) is 11.6 Å². The minimum Gasteiger partial charge on any atom is -0.434 e. The van der Waals surface area contributed by atoms with Gasteiger partial charge in [0.15, 0.2) is 0 Å². The van der Waals surface area contributed by atoms with Gasteiger partial charge in [-0.25, -0.2) is 0 Å². The zero-order valence-electron chi connectivity index (χ0n) is 11.1. The Labute approximate surface area is 122 Å². The average Bonchev–Trinajstić information content (AvgIpc) is 2.42. The molecule has 1 aliphatic rings. The van der Waals surface area contributed by atoms with E-state index in [1.165, 1.54) is 6.07 Å². The van der Waals surface area contributed by atoms with E-state index < -0.39 is 6.61 Å². The molecule has 0 aromatic heterocycles. The molecule has 6 heteroatoms. The van der Waals surface area contributed by atoms with Crippen molar-refractivity contribution in [2.45, 2.75) is 26.0 Å². The number of rotatable bonds is 6. The number of nitrogens with one attached hydrogen (secondary N) is 1. The number of hydrogen-bond donors (Lipinski definition) is 1. The van der Waals surface area contributed by atoms with Gasteiger partial charge in [0.05, 0.1) is 0 Å². The van der Waals surface area contributed by atoms with Crippen molar-refractivity contribution < 1.29 is 18.3 Å². The van der Waals surface area contributed by atoms with E-state index in [2.05, 4.69) is 10.1 Å². The molecule has 0 radical (unpaired) electrons. The largest absolute Gasteiger partial charge is 0.434 e. The molecule has 1 fully saturated rings. The summed E-state index contributed by atoms with van der Waals surface area (Å²) in [7, 11) is 0. The van der Waals surface area contributed by atoms with E-state index in [9.17, 15) is 8.78 Å². The monoisotopic (exact) mass is 305 g/mol. The van der Waals surface area contributed by atoms with Gasteiger partial charge in [0, 0.05) is 30.3 Å². The molecule has 3 nitrogen and oxygen atoms in total. The van der Waals surface area contributed by atoms with Crippen LogP contribution in [0, 0.1) is 5.92 Å². The lowest BCUT2D eigenvalue weighted by atomic mass is 10.0. The van der Waals surface area contributed by atoms with Crippen molar-refractivity contribution in [1.82, 2.24) is 5.32 Å². The summed E-state index contributed by atoms with van der Waals surface area (Å²) >= 11 is 5.89. The highest BCUT2D eigenvalue weighted by molar-refractivity contribution is 6.30. The van der Waals surface area contributed by atoms with Gasteiger partial charge in [0.25, 0.3) is 0 Å². The van der Waals surface area contributed by atoms with Crippen LogP contribution in [-0.2, 0) is 11.3 Å². The maximum Gasteiger partial charge on any atom is 0.387 e. The summed E-state index contributed by atoms with van der Waals surface area (Å²) in [5.41, 5.74) is 0.643. The van der Waals surface area contributed by atoms with Crippen LogP contribution in [0.5, 0.6) is 5.75 Å². The smallest absolute Gasteiger partial charge is 0.387 e. The molecule has 1 heterocycles. The van der Waals surface area contributed by atoms with Gasteiger partial charge < -0.3 is 14.8 Å². The second-order valence-corrected chi connectivity index (χ2v) is 5.25. The van der Waals surface area contributed by atoms with Crippen molar-refractivity contribution in [3.8, 4) is 5.75 Å². The quantitative estimate of drug-likeness (QED) is 0.873. The molecule has 0 spiro atoms. The van der Waals surface area contributed by atoms with Crippen LogP contribution in [0.15, 0.2) is 18.2 Å². The molecule has 2 rings (SSSR count). The summed E-state index contributed by atoms with van der Waals surface area (Å²) in [6, 6.07) is 4.66. The highest BCUT2D eigenvalue weighted by atomic mass is 35.5. The fourth-order valence-corrected chi connectivity index (χ4v) is 2.45. The van der Waals surface area contributed by atoms with Crippen LogP contribution in [-0.4, -0.2) is 26.4 Å². The predicted octanol–water partition coefficient (Wildman–Crippen LogP) is 3.46. The molecule has 0 unspecified atom stereocenters. The van der Waals surface area contributed by atoms with Crippen LogP contribution in [0.4, 0.5) is 8.78 Å². The third kappa shape index (κ3) is 4.89. The summed E-state index contributed by atoms with van der Waals surface area (Å²) in [6.07, 6.45) is 2.06. The summed E-state index contributed by atoms with van der Waals surface area (Å²) in [5.74, 6) is 0.742. The van der Waals surface area contributed by atoms with Crippen molar-refractivity contribution in [2.75, 3.05) is 19.8 Å². The first-order valence-corrected chi connectivity index (χ1v) is 7.04. The van der Waals surface area contributed by atoms with Crippen LogP contribution in [0.3, 0.4) is 0 Å². The van der Waals surface area contributed by atoms with Gasteiger partial charge in [-0.15, -0.1) is 0 Å². The Kier molecular flexibility index (Phi) is 6.01. The van der Waals surface area contributed by atoms with Crippen LogP contribution >= 0.6 is 11.6 Å². The summed E-state index contributed by atoms with van der Waals surface area (Å²) < 4.78 is 34.4. The molecule has 1 saturated heterocycles. The van der Waals surface area contributed by atoms with E-state index in [1.807, 2.05) is 0 Å². The number of ether oxygens (including phenoxy) is 2. The first-order chi connectivity index (χ1) is 9.65. The molecule has 0 saturated carbocycles. The van der Waals surface area contributed by atoms with E-state index in [4.69, 9.17) is 16.3 Å². The van der Waals surface area contributed by atoms with Crippen LogP contribution in [0.25, 0.3) is 0 Å². The van der Waals surface area contributed by atoms with Crippen LogP contribution < -0.4 is 10.1 Å². The third-order valence-electron chi connectivity index (χ3n) is 3.33. The van der Waals surface area contributed by atoms with E-state index in [0.717, 1.165) is 32.6 Å². The molecular formula is C14H18ClF2NO2. The van der Waals surface area contributed by atoms with Crippen molar-refractivity contribution in [3.05, 3.63) is 28.8 Å². The fraction of sp³-hybridized carbons (Fsp3) is 0.571. The Morgan fingerprint density at radius 3 is 2.80 bits per heavy atom. The highest BCUT2D eigenvalue weighted by Gasteiger charge is 2.14. The molecule has 0 amide bonds. The summed E-state index contributed by atoms with van der Waals surface area (Å²) in [6.45, 7) is 0.0571. The first kappa shape index (κ1) is 15.5. The van der Waals surface area contributed by atoms with Gasteiger partial charge in [-0.2, -0.15) is 8.78 Å². The van der Waals surface area contributed by atoms with Gasteiger partial charge >= 0.3 is 6.61 Å². The third-order valence-corrected chi connectivity index (χ3v) is 3.56. The Morgan fingerprint density at radius 1 is 1.35 bits per heavy atom. The van der Waals surface area contributed by atoms with Gasteiger partial charge in [0.2, 0.25) is 0 Å². The zero-order valence-corrected chi connectivity index (χ0v) is 11.8. The normalized spacial score (nSPS) is 16.6. The van der Waals surface area contributed by atoms with Gasteiger partial charge in [-0.3, -0.25) is 0 Å². The lowest BCUT2D eigenvalue weighted by Gasteiger charge is -2.22. The highest BCUT2D eigenvalue weighted by Crippen LogP contribution is 2.24. The van der Waals surface area contributed by atoms with E-state index in [1.54, 1.807) is 12.1 Å². The Balaban J connectivity index is 1.88. The van der Waals surface area contributed by atoms with Gasteiger partial charge in [0.1, 0.15) is 5.75 Å². The maximum atomic E-state index is 12.3. The molecule has 1 N–H and O–H groups in total. The number of hydrogen-bond acceptors (Lipinski definition) is 3. The number of benzene rings is 1. The first-order valence-electron chi connectivity index (χ1n) is 6.67. The van der Waals surface area contributed by atoms with Crippen molar-refractivity contribution in [3.63, 3.8) is 0 Å². The minimum atomic E-state index is -2.83. The van der Waals surface area contributed by atoms with Crippen molar-refractivity contribution >= 4 is 11.6 Å². The molecule has 112 valence electrons. The Morgan fingerprint density at radius 2 is 2.10 bits per heavy atom. The second-order valence-electron chi connectivity index (χ2n) is 4.82. The maximum absolute atomic E-state index is 12.3. The fourth-order valence-electron chi connectivity index (χ4n) is 2.26. The second kappa shape index (κ2) is 7.76. The standard InChI is InChI=1S/C14H18ClF2NO2/c15-12-1-2-13(20-14(16)17)11(7-12)9-18-8-10-3-5-19-6-4-10/h1-2,7,10,14,18H,3-6,8-9H2. The molecule has 1 aromatic rings. The number of alkyl halides is 2. The van der Waals surface area contributed by atoms with E-state index >= 15 is 0 Å². The Bertz CT molecular complexity index is 426. The molecule has 0 atom stereocenters. The molecule has 1 aromatic carbocycles. The van der Waals surface area contributed by atoms with Gasteiger partial charge in [-0.05, 0) is 43.5 Å². The van der Waals surface area contributed by atoms with E-state index in [0.29, 0.717) is 23.0 Å².